The van der Waals surface area contributed by atoms with Gasteiger partial charge in [0.2, 0.25) is 0 Å². The normalized spacial score (nSPS) is 16.5. The van der Waals surface area contributed by atoms with Gasteiger partial charge >= 0.3 is 0 Å². The van der Waals surface area contributed by atoms with Crippen molar-refractivity contribution in [3.05, 3.63) is 29.0 Å². The van der Waals surface area contributed by atoms with Crippen LogP contribution >= 0.6 is 11.6 Å². The van der Waals surface area contributed by atoms with Gasteiger partial charge in [0.15, 0.2) is 0 Å². The molecule has 0 atom stereocenters. The highest BCUT2D eigenvalue weighted by Gasteiger charge is 2.20. The Bertz CT molecular complexity index is 603. The summed E-state index contributed by atoms with van der Waals surface area (Å²) in [6.45, 7) is 0. The number of halogens is 1. The molecule has 3 rings (SSSR count). The zero-order valence-corrected chi connectivity index (χ0v) is 10.1. The van der Waals surface area contributed by atoms with Gasteiger partial charge in [-0.2, -0.15) is 5.26 Å². The maximum atomic E-state index is 9.15. The fourth-order valence-electron chi connectivity index (χ4n) is 2.66. The second kappa shape index (κ2) is 4.05. The van der Waals surface area contributed by atoms with Gasteiger partial charge in [-0.3, -0.25) is 0 Å². The van der Waals surface area contributed by atoms with Gasteiger partial charge in [0.1, 0.15) is 11.7 Å². The van der Waals surface area contributed by atoms with Gasteiger partial charge in [-0.25, -0.2) is 4.98 Å². The summed E-state index contributed by atoms with van der Waals surface area (Å²) in [5.74, 6) is 0. The van der Waals surface area contributed by atoms with Crippen molar-refractivity contribution < 1.29 is 0 Å². The van der Waals surface area contributed by atoms with Crippen LogP contribution in [0, 0.1) is 11.3 Å². The van der Waals surface area contributed by atoms with Crippen LogP contribution in [0.15, 0.2) is 18.5 Å². The monoisotopic (exact) mass is 245 g/mol. The van der Waals surface area contributed by atoms with Crippen LogP contribution in [-0.2, 0) is 0 Å². The van der Waals surface area contributed by atoms with E-state index >= 15 is 0 Å². The van der Waals surface area contributed by atoms with E-state index in [1.54, 1.807) is 6.20 Å². The van der Waals surface area contributed by atoms with Crippen LogP contribution in [-0.4, -0.2) is 9.55 Å². The van der Waals surface area contributed by atoms with Gasteiger partial charge in [0.25, 0.3) is 0 Å². The summed E-state index contributed by atoms with van der Waals surface area (Å²) in [5, 5.41) is 10.6. The molecule has 0 aromatic carbocycles. The Morgan fingerprint density at radius 3 is 2.88 bits per heavy atom. The molecule has 3 nitrogen and oxygen atoms in total. The molecule has 1 aliphatic carbocycles. The number of rotatable bonds is 1. The molecule has 4 heteroatoms. The van der Waals surface area contributed by atoms with E-state index in [9.17, 15) is 0 Å². The first-order valence-electron chi connectivity index (χ1n) is 5.86. The predicted molar refractivity (Wildman–Crippen MR) is 67.0 cm³/mol. The summed E-state index contributed by atoms with van der Waals surface area (Å²) in [6, 6.07) is 4.54. The standard InChI is InChI=1S/C13H12ClN3/c14-10-5-12-9(6-15)8-17(13(12)16-7-10)11-3-1-2-4-11/h5,7-8,11H,1-4H2. The van der Waals surface area contributed by atoms with Crippen LogP contribution < -0.4 is 0 Å². The summed E-state index contributed by atoms with van der Waals surface area (Å²) in [4.78, 5) is 4.37. The van der Waals surface area contributed by atoms with E-state index in [0.717, 1.165) is 11.0 Å². The molecule has 86 valence electrons. The van der Waals surface area contributed by atoms with Crippen LogP contribution in [0.2, 0.25) is 5.02 Å². The highest BCUT2D eigenvalue weighted by Crippen LogP contribution is 2.34. The molecule has 0 N–H and O–H groups in total. The average molecular weight is 246 g/mol. The first-order valence-corrected chi connectivity index (χ1v) is 6.23. The zero-order valence-electron chi connectivity index (χ0n) is 9.36. The highest BCUT2D eigenvalue weighted by molar-refractivity contribution is 6.31. The van der Waals surface area contributed by atoms with Crippen molar-refractivity contribution in [1.82, 2.24) is 9.55 Å². The molecule has 2 aromatic heterocycles. The number of hydrogen-bond acceptors (Lipinski definition) is 2. The third-order valence-electron chi connectivity index (χ3n) is 3.47. The van der Waals surface area contributed by atoms with Gasteiger partial charge in [0.05, 0.1) is 10.6 Å². The molecule has 17 heavy (non-hydrogen) atoms. The molecule has 0 saturated heterocycles. The summed E-state index contributed by atoms with van der Waals surface area (Å²) in [7, 11) is 0. The van der Waals surface area contributed by atoms with Crippen molar-refractivity contribution in [2.75, 3.05) is 0 Å². The quantitative estimate of drug-likeness (QED) is 0.769. The number of nitrogens with zero attached hydrogens (tertiary/aromatic N) is 3. The summed E-state index contributed by atoms with van der Waals surface area (Å²) >= 11 is 5.94. The van der Waals surface area contributed by atoms with E-state index < -0.39 is 0 Å². The lowest BCUT2D eigenvalue weighted by Crippen LogP contribution is -2.03. The van der Waals surface area contributed by atoms with Crippen LogP contribution in [0.25, 0.3) is 11.0 Å². The lowest BCUT2D eigenvalue weighted by molar-refractivity contribution is 0.532. The first kappa shape index (κ1) is 10.6. The van der Waals surface area contributed by atoms with Gasteiger partial charge in [-0.05, 0) is 18.9 Å². The molecule has 0 amide bonds. The molecule has 2 aromatic rings. The Morgan fingerprint density at radius 2 is 2.18 bits per heavy atom. The van der Waals surface area contributed by atoms with E-state index in [1.807, 2.05) is 12.3 Å². The Kier molecular flexibility index (Phi) is 2.53. The van der Waals surface area contributed by atoms with Crippen LogP contribution in [0.1, 0.15) is 37.3 Å². The largest absolute Gasteiger partial charge is 0.328 e. The Balaban J connectivity index is 2.22. The maximum Gasteiger partial charge on any atom is 0.141 e. The molecule has 1 aliphatic rings. The topological polar surface area (TPSA) is 41.6 Å². The minimum Gasteiger partial charge on any atom is -0.328 e. The summed E-state index contributed by atoms with van der Waals surface area (Å²) in [5.41, 5.74) is 1.56. The molecule has 2 heterocycles. The zero-order chi connectivity index (χ0) is 11.8. The van der Waals surface area contributed by atoms with Crippen LogP contribution in [0.4, 0.5) is 0 Å². The smallest absolute Gasteiger partial charge is 0.141 e. The predicted octanol–water partition coefficient (Wildman–Crippen LogP) is 3.68. The molecular weight excluding hydrogens is 234 g/mol. The maximum absolute atomic E-state index is 9.15. The molecule has 0 bridgehead atoms. The molecule has 0 radical (unpaired) electrons. The second-order valence-corrected chi connectivity index (χ2v) is 4.96. The van der Waals surface area contributed by atoms with E-state index in [2.05, 4.69) is 15.6 Å². The molecule has 1 saturated carbocycles. The third-order valence-corrected chi connectivity index (χ3v) is 3.68. The Hall–Kier alpha value is -1.53. The van der Waals surface area contributed by atoms with E-state index in [-0.39, 0.29) is 0 Å². The summed E-state index contributed by atoms with van der Waals surface area (Å²) in [6.07, 6.45) is 8.46. The highest BCUT2D eigenvalue weighted by atomic mass is 35.5. The van der Waals surface area contributed by atoms with Crippen molar-refractivity contribution in [2.45, 2.75) is 31.7 Å². The molecule has 0 aliphatic heterocycles. The van der Waals surface area contributed by atoms with E-state index in [0.29, 0.717) is 16.6 Å². The number of aromatic nitrogens is 2. The molecular formula is C13H12ClN3. The molecule has 1 fully saturated rings. The van der Waals surface area contributed by atoms with Crippen molar-refractivity contribution >= 4 is 22.6 Å². The van der Waals surface area contributed by atoms with Gasteiger partial charge in [-0.15, -0.1) is 0 Å². The minimum absolute atomic E-state index is 0.494. The SMILES string of the molecule is N#Cc1cn(C2CCCC2)c2ncc(Cl)cc12. The van der Waals surface area contributed by atoms with Gasteiger partial charge in [-0.1, -0.05) is 24.4 Å². The summed E-state index contributed by atoms with van der Waals surface area (Å²) < 4.78 is 2.15. The molecule has 0 spiro atoms. The van der Waals surface area contributed by atoms with Crippen molar-refractivity contribution in [1.29, 1.82) is 5.26 Å². The number of hydrogen-bond donors (Lipinski definition) is 0. The van der Waals surface area contributed by atoms with Crippen molar-refractivity contribution in [2.24, 2.45) is 0 Å². The molecule has 0 unspecified atom stereocenters. The average Bonchev–Trinajstić information content (AvgIpc) is 2.94. The van der Waals surface area contributed by atoms with E-state index in [4.69, 9.17) is 16.9 Å². The second-order valence-electron chi connectivity index (χ2n) is 4.52. The van der Waals surface area contributed by atoms with Crippen LogP contribution in [0.3, 0.4) is 0 Å². The van der Waals surface area contributed by atoms with Crippen LogP contribution in [0.5, 0.6) is 0 Å². The van der Waals surface area contributed by atoms with Crippen molar-refractivity contribution in [3.63, 3.8) is 0 Å². The number of pyridine rings is 1. The Labute approximate surface area is 105 Å². The van der Waals surface area contributed by atoms with Crippen molar-refractivity contribution in [3.8, 4) is 6.07 Å². The third kappa shape index (κ3) is 1.69. The first-order chi connectivity index (χ1) is 8.29. The number of nitriles is 1. The van der Waals surface area contributed by atoms with E-state index in [1.165, 1.54) is 25.7 Å². The minimum atomic E-state index is 0.494. The Morgan fingerprint density at radius 1 is 1.41 bits per heavy atom. The fraction of sp³-hybridized carbons (Fsp3) is 0.385. The lowest BCUT2D eigenvalue weighted by atomic mass is 10.2. The fourth-order valence-corrected chi connectivity index (χ4v) is 2.81. The van der Waals surface area contributed by atoms with Gasteiger partial charge < -0.3 is 4.57 Å². The van der Waals surface area contributed by atoms with Gasteiger partial charge in [0, 0.05) is 23.8 Å². The number of fused-ring (bicyclic) bond motifs is 1. The lowest BCUT2D eigenvalue weighted by Gasteiger charge is -2.12.